The lowest BCUT2D eigenvalue weighted by molar-refractivity contribution is 0.0828. The predicted octanol–water partition coefficient (Wildman–Crippen LogP) is 1.14. The van der Waals surface area contributed by atoms with Crippen LogP contribution in [-0.4, -0.2) is 12.2 Å². The third-order valence-electron chi connectivity index (χ3n) is 2.12. The van der Waals surface area contributed by atoms with E-state index in [-0.39, 0.29) is 6.23 Å². The zero-order valence-electron chi connectivity index (χ0n) is 6.87. The van der Waals surface area contributed by atoms with E-state index in [2.05, 4.69) is 5.32 Å². The van der Waals surface area contributed by atoms with Gasteiger partial charge in [-0.25, -0.2) is 0 Å². The van der Waals surface area contributed by atoms with Crippen molar-refractivity contribution in [3.8, 4) is 5.75 Å². The molecule has 1 aromatic carbocycles. The first-order chi connectivity index (χ1) is 5.81. The maximum absolute atomic E-state index is 9.19. The maximum atomic E-state index is 9.19. The summed E-state index contributed by atoms with van der Waals surface area (Å²) in [6.07, 6.45) is -0.0133. The number of benzene rings is 1. The second-order valence-electron chi connectivity index (χ2n) is 2.88. The van der Waals surface area contributed by atoms with Crippen LogP contribution in [0.4, 0.5) is 0 Å². The molecule has 0 radical (unpaired) electrons. The second kappa shape index (κ2) is 2.77. The van der Waals surface area contributed by atoms with Crippen molar-refractivity contribution in [2.24, 2.45) is 0 Å². The normalized spacial score (nSPS) is 20.9. The van der Waals surface area contributed by atoms with Crippen molar-refractivity contribution < 1.29 is 9.84 Å². The van der Waals surface area contributed by atoms with Gasteiger partial charge in [-0.2, -0.15) is 0 Å². The Morgan fingerprint density at radius 3 is 3.17 bits per heavy atom. The van der Waals surface area contributed by atoms with Gasteiger partial charge < -0.3 is 9.84 Å². The first kappa shape index (κ1) is 7.58. The zero-order chi connectivity index (χ0) is 8.55. The van der Waals surface area contributed by atoms with E-state index < -0.39 is 0 Å². The Morgan fingerprint density at radius 2 is 2.42 bits per heavy atom. The monoisotopic (exact) mass is 165 g/mol. The Labute approximate surface area is 71.0 Å². The Kier molecular flexibility index (Phi) is 1.75. The highest BCUT2D eigenvalue weighted by molar-refractivity contribution is 5.38. The third kappa shape index (κ3) is 1.07. The average Bonchev–Trinajstić information content (AvgIpc) is 2.46. The summed E-state index contributed by atoms with van der Waals surface area (Å²) in [6, 6.07) is 5.33. The summed E-state index contributed by atoms with van der Waals surface area (Å²) < 4.78 is 5.18. The van der Waals surface area contributed by atoms with Crippen molar-refractivity contribution >= 4 is 0 Å². The van der Waals surface area contributed by atoms with Crippen LogP contribution in [-0.2, 0) is 11.3 Å². The molecule has 1 aliphatic rings. The number of aromatic hydroxyl groups is 1. The summed E-state index contributed by atoms with van der Waals surface area (Å²) in [5, 5.41) is 12.4. The SMILES string of the molecule is COC1NCc2cc(O)ccc21. The van der Waals surface area contributed by atoms with Gasteiger partial charge in [-0.05, 0) is 17.7 Å². The van der Waals surface area contributed by atoms with Crippen LogP contribution in [0.5, 0.6) is 5.75 Å². The minimum Gasteiger partial charge on any atom is -0.508 e. The molecule has 0 amide bonds. The molecule has 0 aromatic heterocycles. The second-order valence-corrected chi connectivity index (χ2v) is 2.88. The van der Waals surface area contributed by atoms with Crippen molar-refractivity contribution in [3.63, 3.8) is 0 Å². The highest BCUT2D eigenvalue weighted by atomic mass is 16.5. The minimum atomic E-state index is -0.0133. The molecule has 1 aliphatic heterocycles. The molecule has 0 fully saturated rings. The fraction of sp³-hybridized carbons (Fsp3) is 0.333. The van der Waals surface area contributed by atoms with Crippen molar-refractivity contribution in [2.75, 3.05) is 7.11 Å². The first-order valence-corrected chi connectivity index (χ1v) is 3.89. The summed E-state index contributed by atoms with van der Waals surface area (Å²) in [5.74, 6) is 0.312. The molecule has 0 aliphatic carbocycles. The molecule has 1 aromatic rings. The molecule has 3 heteroatoms. The van der Waals surface area contributed by atoms with Gasteiger partial charge in [-0.3, -0.25) is 5.32 Å². The van der Waals surface area contributed by atoms with Gasteiger partial charge in [0.2, 0.25) is 0 Å². The van der Waals surface area contributed by atoms with E-state index in [4.69, 9.17) is 4.74 Å². The lowest BCUT2D eigenvalue weighted by Crippen LogP contribution is -2.13. The molecule has 64 valence electrons. The van der Waals surface area contributed by atoms with E-state index in [1.54, 1.807) is 19.2 Å². The molecule has 1 atom stereocenters. The van der Waals surface area contributed by atoms with E-state index in [9.17, 15) is 5.11 Å². The Balaban J connectivity index is 2.40. The molecule has 3 nitrogen and oxygen atoms in total. The lowest BCUT2D eigenvalue weighted by atomic mass is 10.1. The third-order valence-corrected chi connectivity index (χ3v) is 2.12. The van der Waals surface area contributed by atoms with E-state index in [1.807, 2.05) is 6.07 Å². The summed E-state index contributed by atoms with van der Waals surface area (Å²) in [4.78, 5) is 0. The van der Waals surface area contributed by atoms with Crippen LogP contribution in [0.15, 0.2) is 18.2 Å². The van der Waals surface area contributed by atoms with Crippen molar-refractivity contribution in [1.82, 2.24) is 5.32 Å². The fourth-order valence-electron chi connectivity index (χ4n) is 1.52. The van der Waals surface area contributed by atoms with Crippen molar-refractivity contribution in [1.29, 1.82) is 0 Å². The molecule has 1 heterocycles. The van der Waals surface area contributed by atoms with E-state index in [0.717, 1.165) is 17.7 Å². The van der Waals surface area contributed by atoms with Gasteiger partial charge in [0.1, 0.15) is 12.0 Å². The van der Waals surface area contributed by atoms with Crippen molar-refractivity contribution in [3.05, 3.63) is 29.3 Å². The Hall–Kier alpha value is -1.06. The maximum Gasteiger partial charge on any atom is 0.134 e. The number of phenolic OH excluding ortho intramolecular Hbond substituents is 1. The number of hydrogen-bond acceptors (Lipinski definition) is 3. The van der Waals surface area contributed by atoms with Gasteiger partial charge in [-0.1, -0.05) is 6.07 Å². The van der Waals surface area contributed by atoms with Gasteiger partial charge in [-0.15, -0.1) is 0 Å². The van der Waals surface area contributed by atoms with Gasteiger partial charge in [0.05, 0.1) is 0 Å². The number of nitrogens with one attached hydrogen (secondary N) is 1. The topological polar surface area (TPSA) is 41.5 Å². The molecule has 0 bridgehead atoms. The minimum absolute atomic E-state index is 0.0133. The van der Waals surface area contributed by atoms with E-state index >= 15 is 0 Å². The van der Waals surface area contributed by atoms with Crippen LogP contribution in [0, 0.1) is 0 Å². The number of phenols is 1. The van der Waals surface area contributed by atoms with Crippen molar-refractivity contribution in [2.45, 2.75) is 12.8 Å². The molecule has 0 saturated carbocycles. The van der Waals surface area contributed by atoms with Gasteiger partial charge >= 0.3 is 0 Å². The molecule has 0 spiro atoms. The van der Waals surface area contributed by atoms with Crippen LogP contribution < -0.4 is 5.32 Å². The summed E-state index contributed by atoms with van der Waals surface area (Å²) in [7, 11) is 1.67. The summed E-state index contributed by atoms with van der Waals surface area (Å²) >= 11 is 0. The van der Waals surface area contributed by atoms with Crippen LogP contribution in [0.2, 0.25) is 0 Å². The molecule has 12 heavy (non-hydrogen) atoms. The number of ether oxygens (including phenoxy) is 1. The lowest BCUT2D eigenvalue weighted by Gasteiger charge is -2.08. The van der Waals surface area contributed by atoms with Crippen LogP contribution in [0.25, 0.3) is 0 Å². The first-order valence-electron chi connectivity index (χ1n) is 3.89. The average molecular weight is 165 g/mol. The largest absolute Gasteiger partial charge is 0.508 e. The Morgan fingerprint density at radius 1 is 1.58 bits per heavy atom. The van der Waals surface area contributed by atoms with Gasteiger partial charge in [0, 0.05) is 19.2 Å². The summed E-state index contributed by atoms with van der Waals surface area (Å²) in [6.45, 7) is 0.766. The van der Waals surface area contributed by atoms with Gasteiger partial charge in [0.25, 0.3) is 0 Å². The number of fused-ring (bicyclic) bond motifs is 1. The molecule has 2 rings (SSSR count). The summed E-state index contributed by atoms with van der Waals surface area (Å²) in [5.41, 5.74) is 2.23. The van der Waals surface area contributed by atoms with E-state index in [0.29, 0.717) is 5.75 Å². The number of rotatable bonds is 1. The van der Waals surface area contributed by atoms with Crippen LogP contribution >= 0.6 is 0 Å². The highest BCUT2D eigenvalue weighted by Gasteiger charge is 2.20. The highest BCUT2D eigenvalue weighted by Crippen LogP contribution is 2.28. The Bertz CT molecular complexity index is 299. The number of methoxy groups -OCH3 is 1. The standard InChI is InChI=1S/C9H11NO2/c1-12-9-8-3-2-7(11)4-6(8)5-10-9/h2-4,9-11H,5H2,1H3. The van der Waals surface area contributed by atoms with Gasteiger partial charge in [0.15, 0.2) is 0 Å². The van der Waals surface area contributed by atoms with Crippen LogP contribution in [0.1, 0.15) is 17.4 Å². The molecular weight excluding hydrogens is 154 g/mol. The molecule has 1 unspecified atom stereocenters. The molecule has 2 N–H and O–H groups in total. The quantitative estimate of drug-likeness (QED) is 0.655. The molecule has 0 saturated heterocycles. The van der Waals surface area contributed by atoms with Crippen LogP contribution in [0.3, 0.4) is 0 Å². The fourth-order valence-corrected chi connectivity index (χ4v) is 1.52. The number of hydrogen-bond donors (Lipinski definition) is 2. The zero-order valence-corrected chi connectivity index (χ0v) is 6.87. The molecular formula is C9H11NO2. The predicted molar refractivity (Wildman–Crippen MR) is 44.7 cm³/mol. The smallest absolute Gasteiger partial charge is 0.134 e. The van der Waals surface area contributed by atoms with E-state index in [1.165, 1.54) is 0 Å².